The number of hydrogen-bond donors (Lipinski definition) is 2. The minimum absolute atomic E-state index is 0.0153. The molecule has 1 atom stereocenters. The molecular weight excluding hydrogens is 519 g/mol. The van der Waals surface area contributed by atoms with Crippen LogP contribution in [0.15, 0.2) is 18.3 Å². The van der Waals surface area contributed by atoms with E-state index in [2.05, 4.69) is 25.1 Å². The summed E-state index contributed by atoms with van der Waals surface area (Å²) in [6, 6.07) is 3.49. The third kappa shape index (κ3) is 4.39. The van der Waals surface area contributed by atoms with E-state index < -0.39 is 5.82 Å². The summed E-state index contributed by atoms with van der Waals surface area (Å²) in [6.45, 7) is 4.46. The molecule has 0 radical (unpaired) electrons. The van der Waals surface area contributed by atoms with Gasteiger partial charge < -0.3 is 20.1 Å². The molecule has 206 valence electrons. The standard InChI is InChI=1S/C29H34ClFN6O2/c1-36(18-6-9-32-14-18)27-21-15-33-25(20-12-19(38)13-22(30)23(20)17-4-5-17)24(31)26(21)34-28(35-27)39-16-29-7-2-10-37(29)11-3-8-29/h12-13,15,17-18,32,38H,2-11,14,16H2,1H3. The molecule has 39 heavy (non-hydrogen) atoms. The molecule has 1 unspecified atom stereocenters. The number of fused-ring (bicyclic) bond motifs is 2. The number of aromatic nitrogens is 3. The van der Waals surface area contributed by atoms with Gasteiger partial charge in [-0.2, -0.15) is 9.97 Å². The van der Waals surface area contributed by atoms with Gasteiger partial charge >= 0.3 is 6.01 Å². The molecule has 1 aromatic carbocycles. The van der Waals surface area contributed by atoms with E-state index >= 15 is 4.39 Å². The fourth-order valence-electron chi connectivity index (χ4n) is 6.93. The average Bonchev–Trinajstić information content (AvgIpc) is 3.28. The quantitative estimate of drug-likeness (QED) is 0.429. The maximum Gasteiger partial charge on any atom is 0.319 e. The van der Waals surface area contributed by atoms with Crippen LogP contribution in [0.4, 0.5) is 10.2 Å². The Bertz CT molecular complexity index is 1420. The van der Waals surface area contributed by atoms with Crippen molar-refractivity contribution in [3.63, 3.8) is 0 Å². The van der Waals surface area contributed by atoms with Gasteiger partial charge in [-0.1, -0.05) is 11.6 Å². The summed E-state index contributed by atoms with van der Waals surface area (Å²) in [5.74, 6) is 0.290. The highest BCUT2D eigenvalue weighted by Gasteiger charge is 2.45. The molecule has 1 saturated carbocycles. The van der Waals surface area contributed by atoms with E-state index in [4.69, 9.17) is 21.3 Å². The number of nitrogens with one attached hydrogen (secondary N) is 1. The van der Waals surface area contributed by atoms with Crippen LogP contribution in [0.25, 0.3) is 22.2 Å². The van der Waals surface area contributed by atoms with Crippen LogP contribution in [0.1, 0.15) is 56.4 Å². The normalized spacial score (nSPS) is 22.5. The molecule has 7 rings (SSSR count). The summed E-state index contributed by atoms with van der Waals surface area (Å²) in [7, 11) is 1.99. The van der Waals surface area contributed by atoms with Gasteiger partial charge in [0, 0.05) is 36.4 Å². The second-order valence-electron chi connectivity index (χ2n) is 11.6. The minimum Gasteiger partial charge on any atom is -0.508 e. The largest absolute Gasteiger partial charge is 0.508 e. The summed E-state index contributed by atoms with van der Waals surface area (Å²) in [5, 5.41) is 14.7. The van der Waals surface area contributed by atoms with Crippen molar-refractivity contribution in [3.05, 3.63) is 34.7 Å². The van der Waals surface area contributed by atoms with Gasteiger partial charge in [0.1, 0.15) is 29.4 Å². The zero-order valence-electron chi connectivity index (χ0n) is 22.2. The van der Waals surface area contributed by atoms with Crippen LogP contribution in [0.3, 0.4) is 0 Å². The Kier molecular flexibility index (Phi) is 6.28. The van der Waals surface area contributed by atoms with Crippen molar-refractivity contribution in [2.24, 2.45) is 0 Å². The topological polar surface area (TPSA) is 86.6 Å². The summed E-state index contributed by atoms with van der Waals surface area (Å²) >= 11 is 6.53. The second kappa shape index (κ2) is 9.71. The van der Waals surface area contributed by atoms with Gasteiger partial charge in [-0.05, 0) is 88.2 Å². The molecule has 5 heterocycles. The van der Waals surface area contributed by atoms with Crippen molar-refractivity contribution in [2.75, 3.05) is 44.7 Å². The average molecular weight is 553 g/mol. The van der Waals surface area contributed by atoms with E-state index in [1.807, 2.05) is 7.05 Å². The summed E-state index contributed by atoms with van der Waals surface area (Å²) < 4.78 is 22.8. The number of likely N-dealkylation sites (N-methyl/N-ethyl adjacent to an activating group) is 1. The Morgan fingerprint density at radius 2 is 2.00 bits per heavy atom. The fourth-order valence-corrected chi connectivity index (χ4v) is 7.30. The molecule has 0 amide bonds. The Labute approximate surface area is 232 Å². The number of aromatic hydroxyl groups is 1. The predicted octanol–water partition coefficient (Wildman–Crippen LogP) is 4.87. The van der Waals surface area contributed by atoms with Gasteiger partial charge in [-0.25, -0.2) is 4.39 Å². The number of phenols is 1. The maximum atomic E-state index is 16.5. The highest BCUT2D eigenvalue weighted by atomic mass is 35.5. The number of nitrogens with zero attached hydrogens (tertiary/aromatic N) is 5. The van der Waals surface area contributed by atoms with E-state index in [0.717, 1.165) is 63.8 Å². The molecule has 0 spiro atoms. The van der Waals surface area contributed by atoms with E-state index in [0.29, 0.717) is 28.4 Å². The number of ether oxygens (including phenoxy) is 1. The first-order valence-electron chi connectivity index (χ1n) is 14.1. The van der Waals surface area contributed by atoms with Crippen molar-refractivity contribution < 1.29 is 14.2 Å². The Morgan fingerprint density at radius 3 is 2.72 bits per heavy atom. The summed E-state index contributed by atoms with van der Waals surface area (Å²) in [6.07, 6.45) is 9.13. The number of benzene rings is 1. The zero-order chi connectivity index (χ0) is 26.7. The molecule has 3 aromatic rings. The van der Waals surface area contributed by atoms with Crippen LogP contribution in [0.2, 0.25) is 5.02 Å². The molecule has 8 nitrogen and oxygen atoms in total. The first-order valence-corrected chi connectivity index (χ1v) is 14.5. The Morgan fingerprint density at radius 1 is 1.21 bits per heavy atom. The first kappa shape index (κ1) is 25.2. The van der Waals surface area contributed by atoms with Crippen molar-refractivity contribution in [1.82, 2.24) is 25.2 Å². The van der Waals surface area contributed by atoms with Crippen LogP contribution in [0, 0.1) is 5.82 Å². The lowest BCUT2D eigenvalue weighted by molar-refractivity contribution is 0.108. The Hall–Kier alpha value is -2.75. The van der Waals surface area contributed by atoms with Gasteiger partial charge in [-0.3, -0.25) is 9.88 Å². The first-order chi connectivity index (χ1) is 18.9. The highest BCUT2D eigenvalue weighted by Crippen LogP contribution is 2.49. The smallest absolute Gasteiger partial charge is 0.319 e. The van der Waals surface area contributed by atoms with Crippen molar-refractivity contribution in [2.45, 2.75) is 62.4 Å². The lowest BCUT2D eigenvalue weighted by Gasteiger charge is -2.31. The van der Waals surface area contributed by atoms with Crippen molar-refractivity contribution >= 4 is 28.3 Å². The SMILES string of the molecule is CN(c1nc(OCC23CCCN2CCC3)nc2c(F)c(-c3cc(O)cc(Cl)c3C3CC3)ncc12)C1CCNC1. The molecular formula is C29H34ClFN6O2. The van der Waals surface area contributed by atoms with E-state index in [-0.39, 0.29) is 40.5 Å². The van der Waals surface area contributed by atoms with E-state index in [1.165, 1.54) is 18.9 Å². The van der Waals surface area contributed by atoms with Gasteiger partial charge in [0.25, 0.3) is 0 Å². The predicted molar refractivity (Wildman–Crippen MR) is 149 cm³/mol. The lowest BCUT2D eigenvalue weighted by atomic mass is 9.95. The van der Waals surface area contributed by atoms with Crippen molar-refractivity contribution in [3.8, 4) is 23.0 Å². The summed E-state index contributed by atoms with van der Waals surface area (Å²) in [4.78, 5) is 18.6. The van der Waals surface area contributed by atoms with Crippen LogP contribution in [-0.4, -0.2) is 76.4 Å². The number of hydrogen-bond acceptors (Lipinski definition) is 8. The molecule has 2 aromatic heterocycles. The molecule has 4 aliphatic rings. The molecule has 1 aliphatic carbocycles. The van der Waals surface area contributed by atoms with Crippen LogP contribution in [0.5, 0.6) is 11.8 Å². The van der Waals surface area contributed by atoms with Gasteiger partial charge in [0.05, 0.1) is 10.9 Å². The third-order valence-corrected chi connectivity index (χ3v) is 9.51. The Balaban J connectivity index is 1.33. The van der Waals surface area contributed by atoms with Crippen LogP contribution >= 0.6 is 11.6 Å². The molecule has 0 bridgehead atoms. The van der Waals surface area contributed by atoms with Crippen molar-refractivity contribution in [1.29, 1.82) is 0 Å². The fraction of sp³-hybridized carbons (Fsp3) is 0.552. The molecule has 3 saturated heterocycles. The number of halogens is 2. The van der Waals surface area contributed by atoms with E-state index in [1.54, 1.807) is 12.3 Å². The third-order valence-electron chi connectivity index (χ3n) is 9.20. The maximum absolute atomic E-state index is 16.5. The van der Waals surface area contributed by atoms with Gasteiger partial charge in [0.15, 0.2) is 5.82 Å². The number of anilines is 1. The van der Waals surface area contributed by atoms with Crippen LogP contribution < -0.4 is 15.0 Å². The van der Waals surface area contributed by atoms with Gasteiger partial charge in [0.2, 0.25) is 0 Å². The molecule has 3 aliphatic heterocycles. The number of pyridine rings is 1. The van der Waals surface area contributed by atoms with Crippen LogP contribution in [-0.2, 0) is 0 Å². The molecule has 4 fully saturated rings. The molecule has 2 N–H and O–H groups in total. The second-order valence-corrected chi connectivity index (χ2v) is 12.0. The minimum atomic E-state index is -0.552. The molecule has 10 heteroatoms. The number of rotatable bonds is 7. The van der Waals surface area contributed by atoms with Gasteiger partial charge in [-0.15, -0.1) is 0 Å². The monoisotopic (exact) mass is 552 g/mol. The summed E-state index contributed by atoms with van der Waals surface area (Å²) in [5.41, 5.74) is 1.69. The zero-order valence-corrected chi connectivity index (χ0v) is 23.0. The lowest BCUT2D eigenvalue weighted by Crippen LogP contribution is -2.43. The highest BCUT2D eigenvalue weighted by molar-refractivity contribution is 6.32. The number of phenolic OH excluding ortho intramolecular Hbond substituents is 1. The van der Waals surface area contributed by atoms with E-state index in [9.17, 15) is 5.11 Å².